The molecule has 0 aliphatic carbocycles. The molecule has 2 heterocycles. The van der Waals surface area contributed by atoms with Gasteiger partial charge in [-0.25, -0.2) is 4.90 Å². The van der Waals surface area contributed by atoms with Crippen molar-refractivity contribution < 1.29 is 8.98 Å². The van der Waals surface area contributed by atoms with Crippen LogP contribution < -0.4 is 9.47 Å². The highest BCUT2D eigenvalue weighted by Crippen LogP contribution is 2.47. The van der Waals surface area contributed by atoms with E-state index in [1.54, 1.807) is 18.2 Å². The van der Waals surface area contributed by atoms with Crippen LogP contribution in [0.15, 0.2) is 75.4 Å². The lowest BCUT2D eigenvalue weighted by Crippen LogP contribution is -2.40. The molecule has 110 valence electrons. The summed E-state index contributed by atoms with van der Waals surface area (Å²) >= 11 is 1.69. The fourth-order valence-electron chi connectivity index (χ4n) is 2.84. The largest absolute Gasteiger partial charge is 0.412 e. The normalized spacial score (nSPS) is 13.1. The molecule has 1 aliphatic rings. The van der Waals surface area contributed by atoms with Gasteiger partial charge in [-0.05, 0) is 49.9 Å². The first-order valence-corrected chi connectivity index (χ1v) is 8.22. The molecule has 22 heavy (non-hydrogen) atoms. The number of benzene rings is 2. The van der Waals surface area contributed by atoms with Gasteiger partial charge in [-0.1, -0.05) is 30.3 Å². The lowest BCUT2D eigenvalue weighted by molar-refractivity contribution is -0.586. The Kier molecular flexibility index (Phi) is 3.19. The van der Waals surface area contributed by atoms with Crippen molar-refractivity contribution in [3.05, 3.63) is 61.0 Å². The lowest BCUT2D eigenvalue weighted by atomic mass is 10.2. The van der Waals surface area contributed by atoms with E-state index in [0.29, 0.717) is 6.04 Å². The van der Waals surface area contributed by atoms with Gasteiger partial charge in [-0.15, -0.1) is 0 Å². The number of anilines is 2. The fraction of sp³-hybridized carbons (Fsp3) is 0.167. The summed E-state index contributed by atoms with van der Waals surface area (Å²) in [6, 6.07) is 19.1. The highest BCUT2D eigenvalue weighted by Gasteiger charge is 2.38. The molecule has 0 saturated carbocycles. The summed E-state index contributed by atoms with van der Waals surface area (Å²) < 4.78 is 7.99. The van der Waals surface area contributed by atoms with Gasteiger partial charge in [0.25, 0.3) is 11.5 Å². The fourth-order valence-corrected chi connectivity index (χ4v) is 3.83. The minimum atomic E-state index is 0.341. The van der Waals surface area contributed by atoms with Crippen molar-refractivity contribution in [2.24, 2.45) is 0 Å². The van der Waals surface area contributed by atoms with Crippen LogP contribution in [-0.4, -0.2) is 6.04 Å². The van der Waals surface area contributed by atoms with Crippen LogP contribution in [0.25, 0.3) is 5.69 Å². The van der Waals surface area contributed by atoms with Gasteiger partial charge in [0, 0.05) is 0 Å². The van der Waals surface area contributed by atoms with E-state index in [0.717, 1.165) is 16.6 Å². The van der Waals surface area contributed by atoms with Crippen molar-refractivity contribution in [2.45, 2.75) is 29.9 Å². The number of para-hydroxylation sites is 2. The average Bonchev–Trinajstić information content (AvgIpc) is 2.96. The van der Waals surface area contributed by atoms with Crippen LogP contribution in [0.3, 0.4) is 0 Å². The second-order valence-electron chi connectivity index (χ2n) is 5.57. The Bertz CT molecular complexity index is 811. The number of oxazole rings is 1. The Morgan fingerprint density at radius 3 is 2.50 bits per heavy atom. The summed E-state index contributed by atoms with van der Waals surface area (Å²) in [5.41, 5.74) is 2.35. The SMILES string of the molecule is CC(C)N1c2ccccc2Sc2oc[n+](-c3ccccc3)c21. The zero-order valence-electron chi connectivity index (χ0n) is 12.6. The molecule has 0 bridgehead atoms. The van der Waals surface area contributed by atoms with E-state index in [-0.39, 0.29) is 0 Å². The van der Waals surface area contributed by atoms with Gasteiger partial charge in [-0.2, -0.15) is 4.57 Å². The van der Waals surface area contributed by atoms with Gasteiger partial charge in [-0.3, -0.25) is 0 Å². The highest BCUT2D eigenvalue weighted by atomic mass is 32.2. The number of rotatable bonds is 2. The molecule has 0 amide bonds. The third-order valence-corrected chi connectivity index (χ3v) is 4.81. The molecule has 4 rings (SSSR count). The average molecular weight is 309 g/mol. The Hall–Kier alpha value is -2.20. The van der Waals surface area contributed by atoms with Crippen LogP contribution in [-0.2, 0) is 0 Å². The van der Waals surface area contributed by atoms with E-state index in [1.807, 2.05) is 18.2 Å². The van der Waals surface area contributed by atoms with Crippen LogP contribution >= 0.6 is 11.8 Å². The summed E-state index contributed by atoms with van der Waals surface area (Å²) in [7, 11) is 0. The summed E-state index contributed by atoms with van der Waals surface area (Å²) in [5.74, 6) is 1.10. The topological polar surface area (TPSA) is 20.3 Å². The van der Waals surface area contributed by atoms with Crippen molar-refractivity contribution in [3.63, 3.8) is 0 Å². The number of aromatic nitrogens is 1. The van der Waals surface area contributed by atoms with Crippen molar-refractivity contribution in [2.75, 3.05) is 4.90 Å². The first-order chi connectivity index (χ1) is 10.8. The third kappa shape index (κ3) is 2.03. The predicted molar refractivity (Wildman–Crippen MR) is 88.1 cm³/mol. The van der Waals surface area contributed by atoms with Crippen LogP contribution in [0.2, 0.25) is 0 Å². The van der Waals surface area contributed by atoms with E-state index in [2.05, 4.69) is 59.7 Å². The van der Waals surface area contributed by atoms with E-state index < -0.39 is 0 Å². The summed E-state index contributed by atoms with van der Waals surface area (Å²) in [4.78, 5) is 3.58. The molecule has 0 fully saturated rings. The Labute approximate surface area is 134 Å². The minimum Gasteiger partial charge on any atom is -0.412 e. The first-order valence-electron chi connectivity index (χ1n) is 7.40. The second-order valence-corrected chi connectivity index (χ2v) is 6.59. The van der Waals surface area contributed by atoms with Crippen LogP contribution in [0.5, 0.6) is 0 Å². The van der Waals surface area contributed by atoms with Gasteiger partial charge in [0.1, 0.15) is 11.4 Å². The zero-order chi connectivity index (χ0) is 15.1. The Morgan fingerprint density at radius 1 is 1.00 bits per heavy atom. The first kappa shape index (κ1) is 13.5. The van der Waals surface area contributed by atoms with E-state index in [1.165, 1.54) is 10.6 Å². The van der Waals surface area contributed by atoms with Gasteiger partial charge >= 0.3 is 5.82 Å². The second kappa shape index (κ2) is 5.21. The van der Waals surface area contributed by atoms with Crippen molar-refractivity contribution >= 4 is 23.3 Å². The molecule has 0 spiro atoms. The van der Waals surface area contributed by atoms with E-state index in [9.17, 15) is 0 Å². The van der Waals surface area contributed by atoms with Crippen LogP contribution in [0.4, 0.5) is 11.5 Å². The van der Waals surface area contributed by atoms with Gasteiger partial charge in [0.15, 0.2) is 0 Å². The summed E-state index contributed by atoms with van der Waals surface area (Å²) in [5, 5.41) is 0.941. The Balaban J connectivity index is 1.93. The minimum absolute atomic E-state index is 0.341. The molecule has 1 aromatic heterocycles. The van der Waals surface area contributed by atoms with Crippen LogP contribution in [0, 0.1) is 0 Å². The van der Waals surface area contributed by atoms with Gasteiger partial charge < -0.3 is 4.42 Å². The maximum atomic E-state index is 5.86. The molecule has 0 unspecified atom stereocenters. The number of hydrogen-bond donors (Lipinski definition) is 0. The van der Waals surface area contributed by atoms with Crippen molar-refractivity contribution in [1.29, 1.82) is 0 Å². The number of nitrogens with zero attached hydrogens (tertiary/aromatic N) is 2. The molecule has 0 saturated heterocycles. The zero-order valence-corrected chi connectivity index (χ0v) is 13.4. The quantitative estimate of drug-likeness (QED) is 0.647. The predicted octanol–water partition coefficient (Wildman–Crippen LogP) is 4.57. The molecule has 3 nitrogen and oxygen atoms in total. The molecule has 4 heteroatoms. The molecular formula is C18H17N2OS+. The molecule has 0 radical (unpaired) electrons. The van der Waals surface area contributed by atoms with Gasteiger partial charge in [0.2, 0.25) is 0 Å². The maximum Gasteiger partial charge on any atom is 0.340 e. The maximum absolute atomic E-state index is 5.86. The molecule has 3 aromatic rings. The smallest absolute Gasteiger partial charge is 0.340 e. The molecular weight excluding hydrogens is 292 g/mol. The molecule has 0 N–H and O–H groups in total. The standard InChI is InChI=1S/C18H17N2OS/c1-13(2)20-15-10-6-7-11-16(15)22-18-17(20)19(12-21-18)14-8-4-3-5-9-14/h3-13H,1-2H3/q+1. The van der Waals surface area contributed by atoms with E-state index in [4.69, 9.17) is 4.42 Å². The monoisotopic (exact) mass is 309 g/mol. The molecule has 0 atom stereocenters. The van der Waals surface area contributed by atoms with Gasteiger partial charge in [0.05, 0.1) is 10.9 Å². The number of fused-ring (bicyclic) bond motifs is 2. The molecule has 2 aromatic carbocycles. The number of hydrogen-bond acceptors (Lipinski definition) is 3. The lowest BCUT2D eigenvalue weighted by Gasteiger charge is -2.25. The third-order valence-electron chi connectivity index (χ3n) is 3.78. The van der Waals surface area contributed by atoms with Crippen molar-refractivity contribution in [1.82, 2.24) is 0 Å². The Morgan fingerprint density at radius 2 is 1.73 bits per heavy atom. The summed E-state index contributed by atoms with van der Waals surface area (Å²) in [6.07, 6.45) is 1.80. The van der Waals surface area contributed by atoms with Crippen molar-refractivity contribution in [3.8, 4) is 5.69 Å². The van der Waals surface area contributed by atoms with E-state index >= 15 is 0 Å². The van der Waals surface area contributed by atoms with Crippen LogP contribution in [0.1, 0.15) is 13.8 Å². The molecule has 1 aliphatic heterocycles. The highest BCUT2D eigenvalue weighted by molar-refractivity contribution is 7.99. The summed E-state index contributed by atoms with van der Waals surface area (Å²) in [6.45, 7) is 4.41.